The maximum absolute atomic E-state index is 13.0. The van der Waals surface area contributed by atoms with Crippen molar-refractivity contribution in [2.75, 3.05) is 26.2 Å². The minimum atomic E-state index is -3.70. The molecule has 1 fully saturated rings. The third-order valence-corrected chi connectivity index (χ3v) is 7.70. The molecule has 3 heterocycles. The number of sulfonamides is 1. The Morgan fingerprint density at radius 1 is 1.11 bits per heavy atom. The molecule has 146 valence electrons. The highest BCUT2D eigenvalue weighted by molar-refractivity contribution is 7.89. The van der Waals surface area contributed by atoms with Crippen LogP contribution in [0, 0.1) is 0 Å². The smallest absolute Gasteiger partial charge is 0.307 e. The first-order chi connectivity index (χ1) is 13.4. The van der Waals surface area contributed by atoms with Crippen molar-refractivity contribution in [3.8, 4) is 0 Å². The summed E-state index contributed by atoms with van der Waals surface area (Å²) in [6.07, 6.45) is 1.56. The van der Waals surface area contributed by atoms with Crippen molar-refractivity contribution in [1.82, 2.24) is 18.8 Å². The molecule has 0 bridgehead atoms. The highest BCUT2D eigenvalue weighted by Crippen LogP contribution is 2.24. The molecule has 2 aromatic heterocycles. The van der Waals surface area contributed by atoms with Gasteiger partial charge in [0.15, 0.2) is 0 Å². The van der Waals surface area contributed by atoms with Crippen LogP contribution in [0.4, 0.5) is 0 Å². The predicted molar refractivity (Wildman–Crippen MR) is 106 cm³/mol. The Morgan fingerprint density at radius 2 is 1.86 bits per heavy atom. The summed E-state index contributed by atoms with van der Waals surface area (Å²) in [6, 6.07) is 9.85. The first-order valence-electron chi connectivity index (χ1n) is 8.68. The molecular formula is C18H18N4O4S2. The van der Waals surface area contributed by atoms with Gasteiger partial charge in [0.1, 0.15) is 5.69 Å². The summed E-state index contributed by atoms with van der Waals surface area (Å²) >= 11 is 1.02. The van der Waals surface area contributed by atoms with Crippen LogP contribution in [0.1, 0.15) is 10.5 Å². The number of amides is 1. The molecule has 8 nitrogen and oxygen atoms in total. The molecule has 0 unspecified atom stereocenters. The SMILES string of the molecule is Cn1c(=O)sc2cc(S(=O)(=O)N3CCN(C(=O)c4ccccn4)CC3)ccc21. The van der Waals surface area contributed by atoms with E-state index in [1.807, 2.05) is 0 Å². The van der Waals surface area contributed by atoms with Gasteiger partial charge in [-0.15, -0.1) is 0 Å². The Balaban J connectivity index is 1.52. The second-order valence-corrected chi connectivity index (χ2v) is 9.40. The van der Waals surface area contributed by atoms with Crippen LogP contribution in [0.5, 0.6) is 0 Å². The van der Waals surface area contributed by atoms with Gasteiger partial charge in [0.2, 0.25) is 10.0 Å². The third kappa shape index (κ3) is 3.23. The average molecular weight is 419 g/mol. The number of benzene rings is 1. The van der Waals surface area contributed by atoms with E-state index in [2.05, 4.69) is 4.98 Å². The van der Waals surface area contributed by atoms with Crippen molar-refractivity contribution in [2.24, 2.45) is 7.05 Å². The van der Waals surface area contributed by atoms with Crippen molar-refractivity contribution in [1.29, 1.82) is 0 Å². The van der Waals surface area contributed by atoms with E-state index < -0.39 is 10.0 Å². The molecule has 0 aliphatic carbocycles. The van der Waals surface area contributed by atoms with E-state index in [0.717, 1.165) is 11.3 Å². The van der Waals surface area contributed by atoms with Crippen LogP contribution >= 0.6 is 11.3 Å². The molecule has 28 heavy (non-hydrogen) atoms. The molecule has 4 rings (SSSR count). The van der Waals surface area contributed by atoms with E-state index in [1.54, 1.807) is 48.5 Å². The number of pyridine rings is 1. The van der Waals surface area contributed by atoms with Crippen LogP contribution in [-0.2, 0) is 17.1 Å². The molecular weight excluding hydrogens is 400 g/mol. The Labute approximate surface area is 165 Å². The molecule has 3 aromatic rings. The normalized spacial score (nSPS) is 15.8. The second-order valence-electron chi connectivity index (χ2n) is 6.47. The number of aryl methyl sites for hydroxylation is 1. The number of fused-ring (bicyclic) bond motifs is 1. The number of piperazine rings is 1. The zero-order valence-corrected chi connectivity index (χ0v) is 16.7. The van der Waals surface area contributed by atoms with Crippen LogP contribution in [-0.4, -0.2) is 59.3 Å². The maximum Gasteiger partial charge on any atom is 0.307 e. The number of hydrogen-bond donors (Lipinski definition) is 0. The molecule has 10 heteroatoms. The lowest BCUT2D eigenvalue weighted by Gasteiger charge is -2.33. The van der Waals surface area contributed by atoms with Gasteiger partial charge in [-0.05, 0) is 30.3 Å². The Bertz CT molecular complexity index is 1190. The van der Waals surface area contributed by atoms with E-state index in [1.165, 1.54) is 14.9 Å². The number of rotatable bonds is 3. The summed E-state index contributed by atoms with van der Waals surface area (Å²) in [5.74, 6) is -0.201. The molecule has 0 atom stereocenters. The van der Waals surface area contributed by atoms with Gasteiger partial charge in [-0.1, -0.05) is 17.4 Å². The zero-order valence-electron chi connectivity index (χ0n) is 15.1. The molecule has 0 saturated carbocycles. The minimum absolute atomic E-state index is 0.133. The van der Waals surface area contributed by atoms with Crippen LogP contribution < -0.4 is 4.87 Å². The van der Waals surface area contributed by atoms with Crippen LogP contribution in [0.25, 0.3) is 10.2 Å². The molecule has 1 saturated heterocycles. The van der Waals surface area contributed by atoms with Crippen LogP contribution in [0.15, 0.2) is 52.3 Å². The van der Waals surface area contributed by atoms with Gasteiger partial charge in [-0.3, -0.25) is 14.6 Å². The molecule has 1 aliphatic heterocycles. The number of nitrogens with zero attached hydrogens (tertiary/aromatic N) is 4. The molecule has 0 radical (unpaired) electrons. The monoisotopic (exact) mass is 418 g/mol. The number of carbonyl (C=O) groups excluding carboxylic acids is 1. The predicted octanol–water partition coefficient (Wildman–Crippen LogP) is 1.14. The zero-order chi connectivity index (χ0) is 19.9. The lowest BCUT2D eigenvalue weighted by atomic mass is 10.3. The number of carbonyl (C=O) groups is 1. The maximum atomic E-state index is 13.0. The van der Waals surface area contributed by atoms with E-state index in [-0.39, 0.29) is 28.8 Å². The van der Waals surface area contributed by atoms with Crippen molar-refractivity contribution < 1.29 is 13.2 Å². The van der Waals surface area contributed by atoms with Crippen molar-refractivity contribution in [3.63, 3.8) is 0 Å². The van der Waals surface area contributed by atoms with Crippen molar-refractivity contribution in [3.05, 3.63) is 58.0 Å². The average Bonchev–Trinajstić information content (AvgIpc) is 3.01. The second kappa shape index (κ2) is 7.12. The van der Waals surface area contributed by atoms with Crippen molar-refractivity contribution >= 4 is 37.5 Å². The van der Waals surface area contributed by atoms with Gasteiger partial charge in [0.05, 0.1) is 15.1 Å². The Kier molecular flexibility index (Phi) is 4.77. The Hall–Kier alpha value is -2.56. The highest BCUT2D eigenvalue weighted by Gasteiger charge is 2.31. The molecule has 0 spiro atoms. The quantitative estimate of drug-likeness (QED) is 0.636. The fraction of sp³-hybridized carbons (Fsp3) is 0.278. The number of hydrogen-bond acceptors (Lipinski definition) is 6. The van der Waals surface area contributed by atoms with E-state index in [9.17, 15) is 18.0 Å². The van der Waals surface area contributed by atoms with Gasteiger partial charge in [-0.25, -0.2) is 8.42 Å². The molecule has 1 amide bonds. The van der Waals surface area contributed by atoms with Gasteiger partial charge >= 0.3 is 4.87 Å². The van der Waals surface area contributed by atoms with Gasteiger partial charge in [0, 0.05) is 39.4 Å². The van der Waals surface area contributed by atoms with E-state index in [4.69, 9.17) is 0 Å². The standard InChI is InChI=1S/C18H18N4O4S2/c1-20-15-6-5-13(12-16(15)27-18(20)24)28(25,26)22-10-8-21(9-11-22)17(23)14-4-2-3-7-19-14/h2-7,12H,8-11H2,1H3. The first-order valence-corrected chi connectivity index (χ1v) is 10.9. The van der Waals surface area contributed by atoms with Gasteiger partial charge in [0.25, 0.3) is 5.91 Å². The lowest BCUT2D eigenvalue weighted by Crippen LogP contribution is -2.50. The number of aromatic nitrogens is 2. The van der Waals surface area contributed by atoms with Gasteiger partial charge < -0.3 is 9.47 Å². The Morgan fingerprint density at radius 3 is 2.54 bits per heavy atom. The topological polar surface area (TPSA) is 92.6 Å². The van der Waals surface area contributed by atoms with Crippen LogP contribution in [0.3, 0.4) is 0 Å². The fourth-order valence-electron chi connectivity index (χ4n) is 3.21. The fourth-order valence-corrected chi connectivity index (χ4v) is 5.65. The highest BCUT2D eigenvalue weighted by atomic mass is 32.2. The largest absolute Gasteiger partial charge is 0.335 e. The summed E-state index contributed by atoms with van der Waals surface area (Å²) in [5, 5.41) is 0. The third-order valence-electron chi connectivity index (χ3n) is 4.81. The number of thiazole rings is 1. The molecule has 0 N–H and O–H groups in total. The van der Waals surface area contributed by atoms with Crippen molar-refractivity contribution in [2.45, 2.75) is 4.90 Å². The molecule has 1 aromatic carbocycles. The molecule has 1 aliphatic rings. The first kappa shape index (κ1) is 18.8. The van der Waals surface area contributed by atoms with E-state index in [0.29, 0.717) is 29.0 Å². The van der Waals surface area contributed by atoms with Crippen LogP contribution in [0.2, 0.25) is 0 Å². The summed E-state index contributed by atoms with van der Waals surface area (Å²) < 4.78 is 29.5. The minimum Gasteiger partial charge on any atom is -0.335 e. The van der Waals surface area contributed by atoms with E-state index >= 15 is 0 Å². The summed E-state index contributed by atoms with van der Waals surface area (Å²) in [5.41, 5.74) is 1.06. The lowest BCUT2D eigenvalue weighted by molar-refractivity contribution is 0.0692. The summed E-state index contributed by atoms with van der Waals surface area (Å²) in [6.45, 7) is 1.03. The van der Waals surface area contributed by atoms with Gasteiger partial charge in [-0.2, -0.15) is 4.31 Å². The summed E-state index contributed by atoms with van der Waals surface area (Å²) in [4.78, 5) is 30.0. The summed E-state index contributed by atoms with van der Waals surface area (Å²) in [7, 11) is -2.04.